The minimum absolute atomic E-state index is 0.0120. The quantitative estimate of drug-likeness (QED) is 0.297. The lowest BCUT2D eigenvalue weighted by molar-refractivity contribution is -0.114. The summed E-state index contributed by atoms with van der Waals surface area (Å²) in [6.07, 6.45) is 0. The normalized spacial score (nSPS) is 10.3. The van der Waals surface area contributed by atoms with Crippen molar-refractivity contribution in [2.75, 3.05) is 29.5 Å². The maximum Gasteiger partial charge on any atom is 0.255 e. The molecule has 0 aliphatic rings. The molecule has 0 atom stereocenters. The number of anilines is 3. The molecular formula is C30H28N4O3. The molecule has 4 aromatic carbocycles. The third kappa shape index (κ3) is 7.29. The molecule has 0 aromatic heterocycles. The van der Waals surface area contributed by atoms with Crippen LogP contribution in [0.15, 0.2) is 109 Å². The number of hydrogen-bond acceptors (Lipinski definition) is 4. The lowest BCUT2D eigenvalue weighted by Gasteiger charge is -2.18. The maximum atomic E-state index is 12.9. The second-order valence-electron chi connectivity index (χ2n) is 8.53. The van der Waals surface area contributed by atoms with Gasteiger partial charge in [0.2, 0.25) is 5.91 Å². The summed E-state index contributed by atoms with van der Waals surface area (Å²) in [5.41, 5.74) is 3.93. The van der Waals surface area contributed by atoms with Crippen LogP contribution in [0.25, 0.3) is 0 Å². The van der Waals surface area contributed by atoms with Gasteiger partial charge in [0.05, 0.1) is 6.54 Å². The van der Waals surface area contributed by atoms with Crippen molar-refractivity contribution < 1.29 is 14.4 Å². The monoisotopic (exact) mass is 492 g/mol. The van der Waals surface area contributed by atoms with Crippen LogP contribution >= 0.6 is 0 Å². The second kappa shape index (κ2) is 12.2. The van der Waals surface area contributed by atoms with Crippen LogP contribution in [0.1, 0.15) is 26.3 Å². The average Bonchev–Trinajstić information content (AvgIpc) is 2.93. The van der Waals surface area contributed by atoms with Crippen LogP contribution in [0.2, 0.25) is 0 Å². The molecule has 0 aliphatic carbocycles. The van der Waals surface area contributed by atoms with Gasteiger partial charge in [0, 0.05) is 41.8 Å². The molecule has 0 saturated carbocycles. The van der Waals surface area contributed by atoms with E-state index in [1.807, 2.05) is 36.4 Å². The van der Waals surface area contributed by atoms with Crippen molar-refractivity contribution >= 4 is 34.8 Å². The van der Waals surface area contributed by atoms with Gasteiger partial charge >= 0.3 is 0 Å². The van der Waals surface area contributed by atoms with Gasteiger partial charge < -0.3 is 20.9 Å². The summed E-state index contributed by atoms with van der Waals surface area (Å²) in [5.74, 6) is -0.592. The van der Waals surface area contributed by atoms with Gasteiger partial charge in [-0.25, -0.2) is 0 Å². The van der Waals surface area contributed by atoms with Crippen LogP contribution < -0.4 is 16.0 Å². The van der Waals surface area contributed by atoms with Crippen LogP contribution in [-0.2, 0) is 11.3 Å². The Morgan fingerprint density at radius 3 is 1.97 bits per heavy atom. The molecule has 0 aliphatic heterocycles. The molecule has 0 bridgehead atoms. The fourth-order valence-corrected chi connectivity index (χ4v) is 3.77. The Morgan fingerprint density at radius 2 is 1.24 bits per heavy atom. The standard InChI is InChI=1S/C30H28N4O3/c1-34(21-22-10-4-2-5-11-22)30(37)24-14-8-15-25(18-24)31-20-28(35)32-26-16-9-17-27(19-26)33-29(36)23-12-6-3-7-13-23/h2-19,31H,20-21H2,1H3,(H,32,35)(H,33,36). The zero-order chi connectivity index (χ0) is 26.0. The van der Waals surface area contributed by atoms with Gasteiger partial charge in [0.25, 0.3) is 11.8 Å². The van der Waals surface area contributed by atoms with E-state index in [2.05, 4.69) is 16.0 Å². The Hall–Kier alpha value is -4.91. The molecule has 0 spiro atoms. The lowest BCUT2D eigenvalue weighted by atomic mass is 10.1. The van der Waals surface area contributed by atoms with Gasteiger partial charge in [0.1, 0.15) is 0 Å². The van der Waals surface area contributed by atoms with E-state index in [9.17, 15) is 14.4 Å². The summed E-state index contributed by atoms with van der Waals surface area (Å²) in [7, 11) is 1.76. The first-order chi connectivity index (χ1) is 18.0. The number of rotatable bonds is 9. The largest absolute Gasteiger partial charge is 0.376 e. The van der Waals surface area contributed by atoms with Crippen molar-refractivity contribution in [2.45, 2.75) is 6.54 Å². The van der Waals surface area contributed by atoms with E-state index < -0.39 is 0 Å². The predicted molar refractivity (Wildman–Crippen MR) is 147 cm³/mol. The Balaban J connectivity index is 1.30. The average molecular weight is 493 g/mol. The van der Waals surface area contributed by atoms with Crippen LogP contribution in [-0.4, -0.2) is 36.2 Å². The van der Waals surface area contributed by atoms with Crippen molar-refractivity contribution in [3.05, 3.63) is 126 Å². The van der Waals surface area contributed by atoms with E-state index in [0.717, 1.165) is 5.56 Å². The molecule has 0 radical (unpaired) electrons. The van der Waals surface area contributed by atoms with E-state index >= 15 is 0 Å². The highest BCUT2D eigenvalue weighted by molar-refractivity contribution is 6.04. The van der Waals surface area contributed by atoms with E-state index in [1.54, 1.807) is 84.7 Å². The molecule has 4 aromatic rings. The number of nitrogens with one attached hydrogen (secondary N) is 3. The Bertz CT molecular complexity index is 1370. The van der Waals surface area contributed by atoms with Crippen LogP contribution in [0.5, 0.6) is 0 Å². The first-order valence-corrected chi connectivity index (χ1v) is 11.9. The first kappa shape index (κ1) is 25.2. The Kier molecular flexibility index (Phi) is 8.29. The summed E-state index contributed by atoms with van der Waals surface area (Å²) < 4.78 is 0. The fraction of sp³-hybridized carbons (Fsp3) is 0.100. The molecule has 0 saturated heterocycles. The van der Waals surface area contributed by atoms with Gasteiger partial charge in [0.15, 0.2) is 0 Å². The molecule has 7 heteroatoms. The maximum absolute atomic E-state index is 12.9. The van der Waals surface area contributed by atoms with E-state index in [-0.39, 0.29) is 24.3 Å². The van der Waals surface area contributed by atoms with E-state index in [1.165, 1.54) is 0 Å². The molecule has 0 unspecified atom stereocenters. The predicted octanol–water partition coefficient (Wildman–Crippen LogP) is 5.26. The van der Waals surface area contributed by atoms with Gasteiger partial charge in [-0.2, -0.15) is 0 Å². The second-order valence-corrected chi connectivity index (χ2v) is 8.53. The molecule has 0 heterocycles. The number of benzene rings is 4. The summed E-state index contributed by atoms with van der Waals surface area (Å²) in [6.45, 7) is 0.517. The fourth-order valence-electron chi connectivity index (χ4n) is 3.77. The SMILES string of the molecule is CN(Cc1ccccc1)C(=O)c1cccc(NCC(=O)Nc2cccc(NC(=O)c3ccccc3)c2)c1. The van der Waals surface area contributed by atoms with Gasteiger partial charge in [-0.05, 0) is 54.1 Å². The molecule has 3 amide bonds. The number of hydrogen-bond donors (Lipinski definition) is 3. The zero-order valence-corrected chi connectivity index (χ0v) is 20.5. The smallest absolute Gasteiger partial charge is 0.255 e. The Labute approximate surface area is 216 Å². The minimum Gasteiger partial charge on any atom is -0.376 e. The molecule has 37 heavy (non-hydrogen) atoms. The van der Waals surface area contributed by atoms with Crippen LogP contribution in [0.4, 0.5) is 17.1 Å². The number of carbonyl (C=O) groups is 3. The number of nitrogens with zero attached hydrogens (tertiary/aromatic N) is 1. The van der Waals surface area contributed by atoms with Crippen LogP contribution in [0.3, 0.4) is 0 Å². The Morgan fingerprint density at radius 1 is 0.649 bits per heavy atom. The van der Waals surface area contributed by atoms with Crippen molar-refractivity contribution in [3.8, 4) is 0 Å². The topological polar surface area (TPSA) is 90.5 Å². The summed E-state index contributed by atoms with van der Waals surface area (Å²) >= 11 is 0. The van der Waals surface area contributed by atoms with E-state index in [0.29, 0.717) is 34.7 Å². The molecule has 3 N–H and O–H groups in total. The number of carbonyl (C=O) groups excluding carboxylic acids is 3. The van der Waals surface area contributed by atoms with Crippen molar-refractivity contribution in [3.63, 3.8) is 0 Å². The van der Waals surface area contributed by atoms with Gasteiger partial charge in [-0.15, -0.1) is 0 Å². The molecule has 0 fully saturated rings. The van der Waals surface area contributed by atoms with Crippen molar-refractivity contribution in [1.29, 1.82) is 0 Å². The van der Waals surface area contributed by atoms with Crippen LogP contribution in [0, 0.1) is 0 Å². The minimum atomic E-state index is -0.260. The van der Waals surface area contributed by atoms with E-state index in [4.69, 9.17) is 0 Å². The van der Waals surface area contributed by atoms with Gasteiger partial charge in [-0.1, -0.05) is 60.7 Å². The molecular weight excluding hydrogens is 464 g/mol. The molecule has 186 valence electrons. The third-order valence-corrected chi connectivity index (χ3v) is 5.61. The molecule has 4 rings (SSSR count). The lowest BCUT2D eigenvalue weighted by Crippen LogP contribution is -2.26. The van der Waals surface area contributed by atoms with Gasteiger partial charge in [-0.3, -0.25) is 14.4 Å². The number of amides is 3. The molecule has 7 nitrogen and oxygen atoms in total. The summed E-state index contributed by atoms with van der Waals surface area (Å²) in [6, 6.07) is 32.7. The highest BCUT2D eigenvalue weighted by atomic mass is 16.2. The first-order valence-electron chi connectivity index (χ1n) is 11.9. The third-order valence-electron chi connectivity index (χ3n) is 5.61. The summed E-state index contributed by atoms with van der Waals surface area (Å²) in [5, 5.41) is 8.71. The highest BCUT2D eigenvalue weighted by Gasteiger charge is 2.13. The summed E-state index contributed by atoms with van der Waals surface area (Å²) in [4.78, 5) is 39.4. The van der Waals surface area contributed by atoms with Crippen molar-refractivity contribution in [2.24, 2.45) is 0 Å². The highest BCUT2D eigenvalue weighted by Crippen LogP contribution is 2.17. The van der Waals surface area contributed by atoms with Crippen molar-refractivity contribution in [1.82, 2.24) is 4.90 Å². The zero-order valence-electron chi connectivity index (χ0n) is 20.5.